The number of nitrogens with zero attached hydrogens (tertiary/aromatic N) is 2. The van der Waals surface area contributed by atoms with E-state index in [2.05, 4.69) is 10.5 Å². The fourth-order valence-electron chi connectivity index (χ4n) is 3.03. The van der Waals surface area contributed by atoms with Gasteiger partial charge >= 0.3 is 5.97 Å². The molecule has 1 unspecified atom stereocenters. The molecule has 0 saturated carbocycles. The van der Waals surface area contributed by atoms with Crippen molar-refractivity contribution in [3.8, 4) is 5.75 Å². The van der Waals surface area contributed by atoms with Crippen LogP contribution in [0.4, 0.5) is 11.4 Å². The largest absolute Gasteiger partial charge is 0.496 e. The summed E-state index contributed by atoms with van der Waals surface area (Å²) >= 11 is 1.42. The van der Waals surface area contributed by atoms with Gasteiger partial charge in [-0.2, -0.15) is 0 Å². The Labute approximate surface area is 199 Å². The van der Waals surface area contributed by atoms with Gasteiger partial charge in [0.25, 0.3) is 11.6 Å². The van der Waals surface area contributed by atoms with Crippen LogP contribution in [0.5, 0.6) is 5.75 Å². The maximum absolute atomic E-state index is 12.8. The molecule has 178 valence electrons. The topological polar surface area (TPSA) is 134 Å². The highest BCUT2D eigenvalue weighted by atomic mass is 32.2. The first-order valence-corrected chi connectivity index (χ1v) is 11.2. The normalized spacial score (nSPS) is 11.5. The molecular weight excluding hydrogens is 462 g/mol. The van der Waals surface area contributed by atoms with E-state index in [1.807, 2.05) is 13.8 Å². The van der Waals surface area contributed by atoms with Crippen molar-refractivity contribution in [3.05, 3.63) is 75.2 Å². The van der Waals surface area contributed by atoms with Crippen LogP contribution >= 0.6 is 11.8 Å². The van der Waals surface area contributed by atoms with Crippen molar-refractivity contribution >= 4 is 35.0 Å². The summed E-state index contributed by atoms with van der Waals surface area (Å²) < 4.78 is 15.5. The molecule has 0 spiro atoms. The molecule has 0 aliphatic heterocycles. The van der Waals surface area contributed by atoms with E-state index in [0.717, 1.165) is 11.3 Å². The number of ether oxygens (including phenoxy) is 2. The first kappa shape index (κ1) is 24.8. The summed E-state index contributed by atoms with van der Waals surface area (Å²) in [4.78, 5) is 36.8. The fourth-order valence-corrected chi connectivity index (χ4v) is 4.22. The number of nitrogens with one attached hydrogen (secondary N) is 1. The van der Waals surface area contributed by atoms with Crippen LogP contribution in [0, 0.1) is 24.0 Å². The number of anilines is 1. The Balaban J connectivity index is 1.69. The number of hydrogen-bond acceptors (Lipinski definition) is 9. The molecule has 0 fully saturated rings. The highest BCUT2D eigenvalue weighted by Gasteiger charge is 2.24. The van der Waals surface area contributed by atoms with Crippen LogP contribution in [0.15, 0.2) is 51.9 Å². The van der Waals surface area contributed by atoms with Crippen LogP contribution in [0.3, 0.4) is 0 Å². The number of methoxy groups -OCH3 is 1. The molecule has 3 aromatic rings. The molecule has 11 heteroatoms. The summed E-state index contributed by atoms with van der Waals surface area (Å²) in [5.74, 6) is 0.136. The number of carbonyl (C=O) groups is 2. The van der Waals surface area contributed by atoms with Crippen LogP contribution in [0.1, 0.15) is 34.3 Å². The van der Waals surface area contributed by atoms with Crippen LogP contribution in [0.25, 0.3) is 0 Å². The molecular formula is C23H23N3O7S. The minimum Gasteiger partial charge on any atom is -0.496 e. The second-order valence-electron chi connectivity index (χ2n) is 7.26. The molecule has 10 nitrogen and oxygen atoms in total. The van der Waals surface area contributed by atoms with Crippen LogP contribution in [0.2, 0.25) is 0 Å². The average molecular weight is 486 g/mol. The number of rotatable bonds is 9. The molecule has 0 aliphatic carbocycles. The number of carbonyl (C=O) groups excluding carboxylic acids is 2. The average Bonchev–Trinajstić information content (AvgIpc) is 3.14. The minimum atomic E-state index is -1.20. The lowest BCUT2D eigenvalue weighted by Gasteiger charge is -2.15. The molecule has 0 saturated heterocycles. The number of esters is 1. The quantitative estimate of drug-likeness (QED) is 0.198. The summed E-state index contributed by atoms with van der Waals surface area (Å²) in [6, 6.07) is 10.9. The van der Waals surface area contributed by atoms with Gasteiger partial charge in [-0.15, -0.1) is 11.8 Å². The van der Waals surface area contributed by atoms with Crippen molar-refractivity contribution in [1.29, 1.82) is 0 Å². The van der Waals surface area contributed by atoms with Gasteiger partial charge in [-0.05, 0) is 45.0 Å². The Morgan fingerprint density at radius 2 is 1.97 bits per heavy atom. The Bertz CT molecular complexity index is 1210. The van der Waals surface area contributed by atoms with Crippen LogP contribution in [-0.2, 0) is 15.3 Å². The SMILES string of the molecule is COc1ccc(NC(=O)C(C)OC(=O)c2ccccc2SCc2c(C)noc2C)c([N+](=O)[O-])c1. The van der Waals surface area contributed by atoms with Crippen molar-refractivity contribution < 1.29 is 28.5 Å². The third kappa shape index (κ3) is 5.73. The molecule has 3 rings (SSSR count). The summed E-state index contributed by atoms with van der Waals surface area (Å²) in [5.41, 5.74) is 1.65. The number of benzene rings is 2. The number of amides is 1. The monoisotopic (exact) mass is 485 g/mol. The van der Waals surface area contributed by atoms with Gasteiger partial charge < -0.3 is 19.3 Å². The maximum Gasteiger partial charge on any atom is 0.340 e. The van der Waals surface area contributed by atoms with E-state index in [-0.39, 0.29) is 17.1 Å². The van der Waals surface area contributed by atoms with Gasteiger partial charge in [-0.1, -0.05) is 17.3 Å². The Hall–Kier alpha value is -3.86. The molecule has 0 aliphatic rings. The second-order valence-corrected chi connectivity index (χ2v) is 8.28. The smallest absolute Gasteiger partial charge is 0.340 e. The fraction of sp³-hybridized carbons (Fsp3) is 0.261. The third-order valence-electron chi connectivity index (χ3n) is 4.97. The number of aryl methyl sites for hydroxylation is 2. The lowest BCUT2D eigenvalue weighted by atomic mass is 10.2. The van der Waals surface area contributed by atoms with Crippen molar-refractivity contribution in [3.63, 3.8) is 0 Å². The van der Waals surface area contributed by atoms with Crippen molar-refractivity contribution in [2.24, 2.45) is 0 Å². The van der Waals surface area contributed by atoms with Gasteiger partial charge in [0, 0.05) is 16.2 Å². The maximum atomic E-state index is 12.8. The minimum absolute atomic E-state index is 0.0332. The second kappa shape index (κ2) is 10.8. The summed E-state index contributed by atoms with van der Waals surface area (Å²) in [6.45, 7) is 5.06. The molecule has 1 atom stereocenters. The number of nitro groups is 1. The predicted molar refractivity (Wildman–Crippen MR) is 125 cm³/mol. The summed E-state index contributed by atoms with van der Waals surface area (Å²) in [7, 11) is 1.38. The van der Waals surface area contributed by atoms with Gasteiger partial charge in [0.2, 0.25) is 0 Å². The number of aromatic nitrogens is 1. The third-order valence-corrected chi connectivity index (χ3v) is 6.07. The molecule has 34 heavy (non-hydrogen) atoms. The summed E-state index contributed by atoms with van der Waals surface area (Å²) in [6.07, 6.45) is -1.20. The Kier molecular flexibility index (Phi) is 7.90. The van der Waals surface area contributed by atoms with Gasteiger partial charge in [-0.3, -0.25) is 14.9 Å². The summed E-state index contributed by atoms with van der Waals surface area (Å²) in [5, 5.41) is 17.7. The van der Waals surface area contributed by atoms with Gasteiger partial charge in [-0.25, -0.2) is 4.79 Å². The molecule has 1 N–H and O–H groups in total. The lowest BCUT2D eigenvalue weighted by molar-refractivity contribution is -0.384. The lowest BCUT2D eigenvalue weighted by Crippen LogP contribution is -2.30. The Morgan fingerprint density at radius 3 is 2.62 bits per heavy atom. The number of thioether (sulfide) groups is 1. The number of nitro benzene ring substituents is 1. The zero-order valence-electron chi connectivity index (χ0n) is 19.0. The molecule has 1 amide bonds. The zero-order chi connectivity index (χ0) is 24.8. The standard InChI is InChI=1S/C23H23N3O7S/c1-13-18(14(2)33-25-13)12-34-21-8-6-5-7-17(21)23(28)32-15(3)22(27)24-19-10-9-16(31-4)11-20(19)26(29)30/h5-11,15H,12H2,1-4H3,(H,24,27). The highest BCUT2D eigenvalue weighted by Crippen LogP contribution is 2.31. The van der Waals surface area contributed by atoms with Crippen molar-refractivity contribution in [2.75, 3.05) is 12.4 Å². The van der Waals surface area contributed by atoms with E-state index in [0.29, 0.717) is 22.0 Å². The molecule has 2 aromatic carbocycles. The van der Waals surface area contributed by atoms with Crippen molar-refractivity contribution in [2.45, 2.75) is 37.5 Å². The first-order valence-electron chi connectivity index (χ1n) is 10.2. The molecule has 1 heterocycles. The first-order chi connectivity index (χ1) is 16.2. The van der Waals surface area contributed by atoms with E-state index >= 15 is 0 Å². The molecule has 1 aromatic heterocycles. The van der Waals surface area contributed by atoms with Gasteiger partial charge in [0.05, 0.1) is 29.4 Å². The highest BCUT2D eigenvalue weighted by molar-refractivity contribution is 7.98. The van der Waals surface area contributed by atoms with E-state index < -0.39 is 22.9 Å². The van der Waals surface area contributed by atoms with Crippen LogP contribution in [-0.4, -0.2) is 35.2 Å². The van der Waals surface area contributed by atoms with E-state index in [9.17, 15) is 19.7 Å². The predicted octanol–water partition coefficient (Wildman–Crippen LogP) is 4.68. The van der Waals surface area contributed by atoms with Crippen LogP contribution < -0.4 is 10.1 Å². The Morgan fingerprint density at radius 1 is 1.24 bits per heavy atom. The molecule has 0 radical (unpaired) electrons. The number of hydrogen-bond donors (Lipinski definition) is 1. The molecule has 0 bridgehead atoms. The van der Waals surface area contributed by atoms with Crippen molar-refractivity contribution in [1.82, 2.24) is 5.16 Å². The van der Waals surface area contributed by atoms with E-state index in [1.54, 1.807) is 24.3 Å². The zero-order valence-corrected chi connectivity index (χ0v) is 19.8. The van der Waals surface area contributed by atoms with Gasteiger partial charge in [0.15, 0.2) is 6.10 Å². The van der Waals surface area contributed by atoms with Gasteiger partial charge in [0.1, 0.15) is 17.2 Å². The van der Waals surface area contributed by atoms with E-state index in [4.69, 9.17) is 14.0 Å². The van der Waals surface area contributed by atoms with E-state index in [1.165, 1.54) is 44.0 Å².